The molecule has 0 atom stereocenters. The Morgan fingerprint density at radius 3 is 2.60 bits per heavy atom. The summed E-state index contributed by atoms with van der Waals surface area (Å²) in [5.74, 6) is -0.180. The Morgan fingerprint density at radius 2 is 1.95 bits per heavy atom. The maximum Gasteiger partial charge on any atom is 0.245 e. The van der Waals surface area contributed by atoms with Gasteiger partial charge in [0.2, 0.25) is 15.9 Å². The molecule has 0 aliphatic carbocycles. The van der Waals surface area contributed by atoms with Crippen LogP contribution >= 0.6 is 0 Å². The second-order valence-corrected chi connectivity index (χ2v) is 6.59. The van der Waals surface area contributed by atoms with Gasteiger partial charge in [0.25, 0.3) is 0 Å². The average Bonchev–Trinajstić information content (AvgIpc) is 2.42. The van der Waals surface area contributed by atoms with Crippen LogP contribution in [-0.2, 0) is 14.8 Å². The van der Waals surface area contributed by atoms with Gasteiger partial charge in [-0.3, -0.25) is 4.79 Å². The number of nitrogens with one attached hydrogen (secondary N) is 1. The number of carbonyl (C=O) groups excluding carboxylic acids is 1. The second kappa shape index (κ2) is 5.80. The molecule has 1 saturated heterocycles. The van der Waals surface area contributed by atoms with Crippen LogP contribution in [0.4, 0.5) is 5.69 Å². The highest BCUT2D eigenvalue weighted by atomic mass is 32.2. The first-order chi connectivity index (χ1) is 9.46. The molecule has 1 aromatic rings. The van der Waals surface area contributed by atoms with Crippen molar-refractivity contribution in [3.05, 3.63) is 24.3 Å². The summed E-state index contributed by atoms with van der Waals surface area (Å²) in [4.78, 5) is 13.5. The highest BCUT2D eigenvalue weighted by Gasteiger charge is 2.32. The molecule has 0 aromatic heterocycles. The van der Waals surface area contributed by atoms with E-state index in [-0.39, 0.29) is 17.3 Å². The molecule has 1 aliphatic rings. The molecule has 0 radical (unpaired) electrons. The van der Waals surface area contributed by atoms with Crippen LogP contribution in [0.25, 0.3) is 0 Å². The van der Waals surface area contributed by atoms with Gasteiger partial charge in [0.15, 0.2) is 0 Å². The zero-order valence-electron chi connectivity index (χ0n) is 11.7. The molecule has 1 heterocycles. The smallest absolute Gasteiger partial charge is 0.245 e. The minimum atomic E-state index is -3.65. The highest BCUT2D eigenvalue weighted by Crippen LogP contribution is 2.25. The largest absolute Gasteiger partial charge is 0.384 e. The van der Waals surface area contributed by atoms with Crippen LogP contribution in [0.3, 0.4) is 0 Å². The van der Waals surface area contributed by atoms with Crippen molar-refractivity contribution in [2.45, 2.75) is 11.8 Å². The summed E-state index contributed by atoms with van der Waals surface area (Å²) in [5, 5.41) is 3.04. The van der Waals surface area contributed by atoms with Crippen LogP contribution in [0.15, 0.2) is 29.2 Å². The van der Waals surface area contributed by atoms with E-state index in [4.69, 9.17) is 0 Å². The summed E-state index contributed by atoms with van der Waals surface area (Å²) in [6.45, 7) is 3.18. The highest BCUT2D eigenvalue weighted by molar-refractivity contribution is 7.89. The summed E-state index contributed by atoms with van der Waals surface area (Å²) >= 11 is 0. The molecule has 1 aromatic carbocycles. The molecular formula is C13H19N3O3S. The monoisotopic (exact) mass is 297 g/mol. The van der Waals surface area contributed by atoms with Crippen molar-refractivity contribution >= 4 is 21.6 Å². The number of hydrogen-bond acceptors (Lipinski definition) is 4. The minimum Gasteiger partial charge on any atom is -0.384 e. The van der Waals surface area contributed by atoms with Crippen molar-refractivity contribution < 1.29 is 13.2 Å². The van der Waals surface area contributed by atoms with E-state index in [9.17, 15) is 13.2 Å². The van der Waals surface area contributed by atoms with Crippen LogP contribution < -0.4 is 5.32 Å². The number of sulfonamides is 1. The molecular weight excluding hydrogens is 278 g/mol. The van der Waals surface area contributed by atoms with Crippen LogP contribution in [-0.4, -0.2) is 56.8 Å². The van der Waals surface area contributed by atoms with Gasteiger partial charge in [0.1, 0.15) is 4.90 Å². The van der Waals surface area contributed by atoms with Gasteiger partial charge in [-0.05, 0) is 19.1 Å². The Morgan fingerprint density at radius 1 is 1.25 bits per heavy atom. The number of carbonyl (C=O) groups is 1. The SMILES string of the molecule is CCNc1ccccc1S(=O)(=O)N1CCN(C)C(=O)C1. The van der Waals surface area contributed by atoms with Crippen molar-refractivity contribution in [2.24, 2.45) is 0 Å². The number of hydrogen-bond donors (Lipinski definition) is 1. The fourth-order valence-electron chi connectivity index (χ4n) is 2.11. The summed E-state index contributed by atoms with van der Waals surface area (Å²) < 4.78 is 26.5. The van der Waals surface area contributed by atoms with Crippen LogP contribution in [0.2, 0.25) is 0 Å². The minimum absolute atomic E-state index is 0.0979. The summed E-state index contributed by atoms with van der Waals surface area (Å²) in [6, 6.07) is 6.77. The molecule has 0 bridgehead atoms. The van der Waals surface area contributed by atoms with E-state index in [0.29, 0.717) is 25.3 Å². The van der Waals surface area contributed by atoms with E-state index in [0.717, 1.165) is 0 Å². The quantitative estimate of drug-likeness (QED) is 0.882. The lowest BCUT2D eigenvalue weighted by molar-refractivity contribution is -0.132. The Hall–Kier alpha value is -1.60. The number of anilines is 1. The van der Waals surface area contributed by atoms with Crippen LogP contribution in [0.1, 0.15) is 6.92 Å². The third kappa shape index (κ3) is 2.78. The molecule has 0 saturated carbocycles. The number of likely N-dealkylation sites (N-methyl/N-ethyl adjacent to an activating group) is 1. The molecule has 0 unspecified atom stereocenters. The van der Waals surface area contributed by atoms with E-state index in [1.165, 1.54) is 4.31 Å². The van der Waals surface area contributed by atoms with Crippen molar-refractivity contribution in [2.75, 3.05) is 38.5 Å². The van der Waals surface area contributed by atoms with Gasteiger partial charge in [0.05, 0.1) is 12.2 Å². The number of nitrogens with zero attached hydrogens (tertiary/aromatic N) is 2. The molecule has 0 spiro atoms. The first kappa shape index (κ1) is 14.8. The van der Waals surface area contributed by atoms with Crippen molar-refractivity contribution in [3.8, 4) is 0 Å². The third-order valence-electron chi connectivity index (χ3n) is 3.29. The van der Waals surface area contributed by atoms with Gasteiger partial charge in [-0.1, -0.05) is 12.1 Å². The number of para-hydroxylation sites is 1. The Kier molecular flexibility index (Phi) is 4.29. The lowest BCUT2D eigenvalue weighted by Gasteiger charge is -2.31. The Labute approximate surface area is 119 Å². The third-order valence-corrected chi connectivity index (χ3v) is 5.20. The van der Waals surface area contributed by atoms with E-state index in [1.807, 2.05) is 6.92 Å². The molecule has 1 amide bonds. The molecule has 1 fully saturated rings. The zero-order chi connectivity index (χ0) is 14.8. The van der Waals surface area contributed by atoms with Gasteiger partial charge < -0.3 is 10.2 Å². The standard InChI is InChI=1S/C13H19N3O3S/c1-3-14-11-6-4-5-7-12(11)20(18,19)16-9-8-15(2)13(17)10-16/h4-7,14H,3,8-10H2,1-2H3. The summed E-state index contributed by atoms with van der Waals surface area (Å²) in [5.41, 5.74) is 0.571. The number of piperazine rings is 1. The molecule has 110 valence electrons. The number of rotatable bonds is 4. The predicted octanol–water partition coefficient (Wildman–Crippen LogP) is 0.581. The average molecular weight is 297 g/mol. The first-order valence-electron chi connectivity index (χ1n) is 6.54. The molecule has 6 nitrogen and oxygen atoms in total. The molecule has 7 heteroatoms. The topological polar surface area (TPSA) is 69.7 Å². The maximum absolute atomic E-state index is 12.7. The lowest BCUT2D eigenvalue weighted by Crippen LogP contribution is -2.50. The van der Waals surface area contributed by atoms with Crippen LogP contribution in [0, 0.1) is 0 Å². The number of amides is 1. The van der Waals surface area contributed by atoms with E-state index < -0.39 is 10.0 Å². The van der Waals surface area contributed by atoms with Gasteiger partial charge >= 0.3 is 0 Å². The van der Waals surface area contributed by atoms with Crippen molar-refractivity contribution in [1.82, 2.24) is 9.21 Å². The van der Waals surface area contributed by atoms with E-state index in [2.05, 4.69) is 5.32 Å². The fourth-order valence-corrected chi connectivity index (χ4v) is 3.66. The molecule has 1 N–H and O–H groups in total. The van der Waals surface area contributed by atoms with Gasteiger partial charge in [0, 0.05) is 26.7 Å². The fraction of sp³-hybridized carbons (Fsp3) is 0.462. The van der Waals surface area contributed by atoms with Gasteiger partial charge in [-0.15, -0.1) is 0 Å². The molecule has 20 heavy (non-hydrogen) atoms. The zero-order valence-corrected chi connectivity index (χ0v) is 12.5. The summed E-state index contributed by atoms with van der Waals surface area (Å²) in [7, 11) is -1.97. The summed E-state index contributed by atoms with van der Waals surface area (Å²) in [6.07, 6.45) is 0. The molecule has 1 aliphatic heterocycles. The normalized spacial score (nSPS) is 17.3. The maximum atomic E-state index is 12.7. The predicted molar refractivity (Wildman–Crippen MR) is 77.0 cm³/mol. The second-order valence-electron chi connectivity index (χ2n) is 4.68. The Bertz CT molecular complexity index is 601. The Balaban J connectivity index is 2.33. The van der Waals surface area contributed by atoms with Crippen molar-refractivity contribution in [1.29, 1.82) is 0 Å². The lowest BCUT2D eigenvalue weighted by atomic mass is 10.3. The van der Waals surface area contributed by atoms with E-state index in [1.54, 1.807) is 36.2 Å². The van der Waals surface area contributed by atoms with E-state index >= 15 is 0 Å². The molecule has 2 rings (SSSR count). The van der Waals surface area contributed by atoms with Gasteiger partial charge in [-0.2, -0.15) is 4.31 Å². The number of benzene rings is 1. The van der Waals surface area contributed by atoms with Crippen LogP contribution in [0.5, 0.6) is 0 Å². The van der Waals surface area contributed by atoms with Crippen molar-refractivity contribution in [3.63, 3.8) is 0 Å². The first-order valence-corrected chi connectivity index (χ1v) is 7.98. The van der Waals surface area contributed by atoms with Gasteiger partial charge in [-0.25, -0.2) is 8.42 Å².